The normalized spacial score (nSPS) is 16.6. The van der Waals surface area contributed by atoms with E-state index in [9.17, 15) is 14.4 Å². The molecular formula is C8H13N3O3. The van der Waals surface area contributed by atoms with Crippen LogP contribution in [0.1, 0.15) is 6.92 Å². The second-order valence-electron chi connectivity index (χ2n) is 3.12. The van der Waals surface area contributed by atoms with Crippen LogP contribution in [0, 0.1) is 0 Å². The van der Waals surface area contributed by atoms with Crippen LogP contribution in [0.3, 0.4) is 0 Å². The number of nitrogens with zero attached hydrogens (tertiary/aromatic N) is 2. The summed E-state index contributed by atoms with van der Waals surface area (Å²) in [6, 6.07) is -0.296. The standard InChI is InChI=1S/C8H13N3O3/c1-3-10(2)8(14)11-4-6(12)9-7(13)5-11/h3-5H2,1-2H3,(H,9,12,13). The Kier molecular flexibility index (Phi) is 3.06. The Balaban J connectivity index is 2.63. The lowest BCUT2D eigenvalue weighted by Gasteiger charge is -2.29. The highest BCUT2D eigenvalue weighted by Crippen LogP contribution is 1.99. The molecule has 6 nitrogen and oxygen atoms in total. The van der Waals surface area contributed by atoms with Crippen molar-refractivity contribution in [2.75, 3.05) is 26.7 Å². The Labute approximate surface area is 81.8 Å². The van der Waals surface area contributed by atoms with Crippen LogP contribution >= 0.6 is 0 Å². The van der Waals surface area contributed by atoms with Crippen LogP contribution in [-0.2, 0) is 9.59 Å². The van der Waals surface area contributed by atoms with Gasteiger partial charge in [-0.15, -0.1) is 0 Å². The van der Waals surface area contributed by atoms with E-state index in [1.165, 1.54) is 9.80 Å². The minimum absolute atomic E-state index is 0.0467. The molecule has 1 rings (SSSR count). The van der Waals surface area contributed by atoms with Crippen molar-refractivity contribution >= 4 is 17.8 Å². The van der Waals surface area contributed by atoms with Gasteiger partial charge < -0.3 is 9.80 Å². The minimum Gasteiger partial charge on any atom is -0.328 e. The minimum atomic E-state index is -0.431. The van der Waals surface area contributed by atoms with Gasteiger partial charge in [-0.3, -0.25) is 14.9 Å². The summed E-state index contributed by atoms with van der Waals surface area (Å²) in [5, 5.41) is 2.13. The van der Waals surface area contributed by atoms with E-state index in [0.717, 1.165) is 0 Å². The van der Waals surface area contributed by atoms with Gasteiger partial charge in [0.15, 0.2) is 0 Å². The maximum absolute atomic E-state index is 11.5. The van der Waals surface area contributed by atoms with Crippen molar-refractivity contribution in [1.29, 1.82) is 0 Å². The van der Waals surface area contributed by atoms with Crippen molar-refractivity contribution in [2.24, 2.45) is 0 Å². The lowest BCUT2D eigenvalue weighted by Crippen LogP contribution is -2.55. The van der Waals surface area contributed by atoms with Gasteiger partial charge in [-0.2, -0.15) is 0 Å². The molecule has 0 atom stereocenters. The molecule has 0 aromatic rings. The molecule has 0 bridgehead atoms. The van der Waals surface area contributed by atoms with E-state index in [-0.39, 0.29) is 19.1 Å². The zero-order valence-electron chi connectivity index (χ0n) is 8.24. The molecule has 1 aliphatic heterocycles. The highest BCUT2D eigenvalue weighted by atomic mass is 16.2. The SMILES string of the molecule is CCN(C)C(=O)N1CC(=O)NC(=O)C1. The molecule has 1 saturated heterocycles. The molecule has 0 aliphatic carbocycles. The van der Waals surface area contributed by atoms with Gasteiger partial charge in [0.05, 0.1) is 0 Å². The molecule has 1 aliphatic rings. The molecule has 1 fully saturated rings. The van der Waals surface area contributed by atoms with E-state index in [2.05, 4.69) is 5.32 Å². The third-order valence-electron chi connectivity index (χ3n) is 2.02. The third-order valence-corrected chi connectivity index (χ3v) is 2.02. The summed E-state index contributed by atoms with van der Waals surface area (Å²) < 4.78 is 0. The van der Waals surface area contributed by atoms with Crippen LogP contribution in [0.5, 0.6) is 0 Å². The highest BCUT2D eigenvalue weighted by molar-refractivity contribution is 6.02. The van der Waals surface area contributed by atoms with Crippen molar-refractivity contribution in [2.45, 2.75) is 6.92 Å². The summed E-state index contributed by atoms with van der Waals surface area (Å²) in [6.07, 6.45) is 0. The molecule has 6 heteroatoms. The fourth-order valence-electron chi connectivity index (χ4n) is 1.15. The summed E-state index contributed by atoms with van der Waals surface area (Å²) >= 11 is 0. The van der Waals surface area contributed by atoms with E-state index in [0.29, 0.717) is 6.54 Å². The summed E-state index contributed by atoms with van der Waals surface area (Å²) in [7, 11) is 1.62. The van der Waals surface area contributed by atoms with E-state index >= 15 is 0 Å². The number of urea groups is 1. The van der Waals surface area contributed by atoms with Crippen LogP contribution in [0.15, 0.2) is 0 Å². The van der Waals surface area contributed by atoms with Crippen molar-refractivity contribution in [3.8, 4) is 0 Å². The molecule has 78 valence electrons. The van der Waals surface area contributed by atoms with Gasteiger partial charge in [0.25, 0.3) is 0 Å². The number of imide groups is 1. The smallest absolute Gasteiger partial charge is 0.320 e. The average Bonchev–Trinajstić information content (AvgIpc) is 2.14. The second-order valence-corrected chi connectivity index (χ2v) is 3.12. The van der Waals surface area contributed by atoms with Gasteiger partial charge in [0, 0.05) is 13.6 Å². The summed E-state index contributed by atoms with van der Waals surface area (Å²) in [4.78, 5) is 36.1. The van der Waals surface area contributed by atoms with Crippen LogP contribution < -0.4 is 5.32 Å². The highest BCUT2D eigenvalue weighted by Gasteiger charge is 2.27. The lowest BCUT2D eigenvalue weighted by molar-refractivity contribution is -0.135. The van der Waals surface area contributed by atoms with E-state index in [4.69, 9.17) is 0 Å². The zero-order valence-corrected chi connectivity index (χ0v) is 8.24. The first-order chi connectivity index (χ1) is 6.54. The fourth-order valence-corrected chi connectivity index (χ4v) is 1.15. The molecule has 14 heavy (non-hydrogen) atoms. The largest absolute Gasteiger partial charge is 0.328 e. The molecule has 0 radical (unpaired) electrons. The van der Waals surface area contributed by atoms with Crippen LogP contribution in [0.4, 0.5) is 4.79 Å². The summed E-state index contributed by atoms with van der Waals surface area (Å²) in [6.45, 7) is 2.28. The Hall–Kier alpha value is -1.59. The Bertz CT molecular complexity index is 261. The van der Waals surface area contributed by atoms with Gasteiger partial charge in [0.1, 0.15) is 13.1 Å². The zero-order chi connectivity index (χ0) is 10.7. The first-order valence-corrected chi connectivity index (χ1v) is 4.37. The van der Waals surface area contributed by atoms with E-state index in [1.54, 1.807) is 7.05 Å². The van der Waals surface area contributed by atoms with E-state index < -0.39 is 11.8 Å². The van der Waals surface area contributed by atoms with Gasteiger partial charge >= 0.3 is 6.03 Å². The monoisotopic (exact) mass is 199 g/mol. The number of carbonyl (C=O) groups excluding carboxylic acids is 3. The molecule has 0 spiro atoms. The lowest BCUT2D eigenvalue weighted by atomic mass is 10.3. The number of carbonyl (C=O) groups is 3. The molecule has 0 aromatic carbocycles. The van der Waals surface area contributed by atoms with Crippen molar-refractivity contribution < 1.29 is 14.4 Å². The van der Waals surface area contributed by atoms with E-state index in [1.807, 2.05) is 6.92 Å². The molecule has 4 amide bonds. The predicted molar refractivity (Wildman–Crippen MR) is 48.4 cm³/mol. The van der Waals surface area contributed by atoms with Crippen LogP contribution in [-0.4, -0.2) is 54.3 Å². The van der Waals surface area contributed by atoms with Crippen molar-refractivity contribution in [3.63, 3.8) is 0 Å². The number of nitrogens with one attached hydrogen (secondary N) is 1. The topological polar surface area (TPSA) is 69.7 Å². The molecule has 0 aromatic heterocycles. The van der Waals surface area contributed by atoms with Gasteiger partial charge in [0.2, 0.25) is 11.8 Å². The summed E-state index contributed by atoms with van der Waals surface area (Å²) in [5.41, 5.74) is 0. The fraction of sp³-hybridized carbons (Fsp3) is 0.625. The number of hydrogen-bond acceptors (Lipinski definition) is 3. The maximum Gasteiger partial charge on any atom is 0.320 e. The third kappa shape index (κ3) is 2.21. The van der Waals surface area contributed by atoms with Crippen LogP contribution in [0.25, 0.3) is 0 Å². The Morgan fingerprint density at radius 3 is 2.36 bits per heavy atom. The quantitative estimate of drug-likeness (QED) is 0.552. The number of rotatable bonds is 1. The molecule has 0 saturated carbocycles. The van der Waals surface area contributed by atoms with Gasteiger partial charge in [-0.1, -0.05) is 0 Å². The molecule has 0 unspecified atom stereocenters. The Morgan fingerprint density at radius 2 is 1.93 bits per heavy atom. The number of hydrogen-bond donors (Lipinski definition) is 1. The second kappa shape index (κ2) is 4.08. The number of amides is 4. The number of piperazine rings is 1. The molecule has 1 heterocycles. The van der Waals surface area contributed by atoms with Crippen molar-refractivity contribution in [1.82, 2.24) is 15.1 Å². The Morgan fingerprint density at radius 1 is 1.43 bits per heavy atom. The van der Waals surface area contributed by atoms with Crippen LogP contribution in [0.2, 0.25) is 0 Å². The maximum atomic E-state index is 11.5. The first-order valence-electron chi connectivity index (χ1n) is 4.37. The van der Waals surface area contributed by atoms with Gasteiger partial charge in [-0.05, 0) is 6.92 Å². The molecule has 1 N–H and O–H groups in total. The van der Waals surface area contributed by atoms with Crippen molar-refractivity contribution in [3.05, 3.63) is 0 Å². The molecular weight excluding hydrogens is 186 g/mol. The van der Waals surface area contributed by atoms with Gasteiger partial charge in [-0.25, -0.2) is 4.79 Å². The summed E-state index contributed by atoms with van der Waals surface area (Å²) in [5.74, 6) is -0.863. The first kappa shape index (κ1) is 10.5. The predicted octanol–water partition coefficient (Wildman–Crippen LogP) is -0.983. The average molecular weight is 199 g/mol.